The molecule has 12 heteroatoms. The molecular weight excluding hydrogens is 570 g/mol. The first-order chi connectivity index (χ1) is 20.8. The SMILES string of the molecule is O=C(Nc1cccc(SC2CC(=O)N(c3ccc([N+](=O)[O-])cc3)C2=O)c1)/C(=C/c1cccnc1)NC(=O)c1ccccc1. The zero-order chi connectivity index (χ0) is 30.3. The number of nitrogens with one attached hydrogen (secondary N) is 2. The van der Waals surface area contributed by atoms with Crippen LogP contribution in [-0.2, 0) is 14.4 Å². The van der Waals surface area contributed by atoms with E-state index in [1.54, 1.807) is 79.1 Å². The molecule has 0 aliphatic carbocycles. The number of nitrogens with zero attached hydrogens (tertiary/aromatic N) is 3. The summed E-state index contributed by atoms with van der Waals surface area (Å²) in [4.78, 5) is 68.1. The molecule has 1 fully saturated rings. The van der Waals surface area contributed by atoms with Gasteiger partial charge in [0.05, 0.1) is 15.9 Å². The quantitative estimate of drug-likeness (QED) is 0.121. The van der Waals surface area contributed by atoms with Gasteiger partial charge in [-0.25, -0.2) is 4.90 Å². The lowest BCUT2D eigenvalue weighted by Gasteiger charge is -2.15. The number of hydrogen-bond acceptors (Lipinski definition) is 8. The lowest BCUT2D eigenvalue weighted by atomic mass is 10.2. The number of pyridine rings is 1. The summed E-state index contributed by atoms with van der Waals surface area (Å²) < 4.78 is 0. The molecule has 3 aromatic carbocycles. The van der Waals surface area contributed by atoms with Gasteiger partial charge in [-0.1, -0.05) is 30.3 Å². The lowest BCUT2D eigenvalue weighted by Crippen LogP contribution is -2.31. The Morgan fingerprint density at radius 2 is 1.74 bits per heavy atom. The Labute approximate surface area is 249 Å². The first kappa shape index (κ1) is 28.9. The number of nitro benzene ring substituents is 1. The van der Waals surface area contributed by atoms with Crippen molar-refractivity contribution < 1.29 is 24.1 Å². The Kier molecular flexibility index (Phi) is 8.68. The number of non-ortho nitro benzene ring substituents is 1. The van der Waals surface area contributed by atoms with Crippen LogP contribution in [0, 0.1) is 10.1 Å². The van der Waals surface area contributed by atoms with Crippen molar-refractivity contribution >= 4 is 58.5 Å². The van der Waals surface area contributed by atoms with Crippen LogP contribution in [-0.4, -0.2) is 38.8 Å². The highest BCUT2D eigenvalue weighted by Crippen LogP contribution is 2.35. The van der Waals surface area contributed by atoms with E-state index in [-0.39, 0.29) is 23.5 Å². The number of carbonyl (C=O) groups excluding carboxylic acids is 4. The summed E-state index contributed by atoms with van der Waals surface area (Å²) in [6.45, 7) is 0. The monoisotopic (exact) mass is 593 g/mol. The van der Waals surface area contributed by atoms with Crippen LogP contribution >= 0.6 is 11.8 Å². The van der Waals surface area contributed by atoms with E-state index < -0.39 is 33.8 Å². The number of carbonyl (C=O) groups is 4. The zero-order valence-corrected chi connectivity index (χ0v) is 23.2. The Morgan fingerprint density at radius 3 is 2.44 bits per heavy atom. The van der Waals surface area contributed by atoms with Gasteiger partial charge in [0, 0.05) is 47.1 Å². The molecule has 0 bridgehead atoms. The van der Waals surface area contributed by atoms with Crippen molar-refractivity contribution in [2.75, 3.05) is 10.2 Å². The van der Waals surface area contributed by atoms with Crippen LogP contribution in [0.15, 0.2) is 114 Å². The summed E-state index contributed by atoms with van der Waals surface area (Å²) in [5.41, 5.74) is 1.50. The van der Waals surface area contributed by atoms with Crippen LogP contribution in [0.4, 0.5) is 17.1 Å². The van der Waals surface area contributed by atoms with E-state index in [0.717, 1.165) is 4.90 Å². The van der Waals surface area contributed by atoms with Crippen molar-refractivity contribution in [3.8, 4) is 0 Å². The van der Waals surface area contributed by atoms with Gasteiger partial charge in [0.2, 0.25) is 11.8 Å². The third-order valence-corrected chi connectivity index (χ3v) is 7.50. The highest BCUT2D eigenvalue weighted by molar-refractivity contribution is 8.00. The predicted molar refractivity (Wildman–Crippen MR) is 161 cm³/mol. The van der Waals surface area contributed by atoms with Gasteiger partial charge in [-0.3, -0.25) is 34.3 Å². The van der Waals surface area contributed by atoms with E-state index in [2.05, 4.69) is 15.6 Å². The van der Waals surface area contributed by atoms with Gasteiger partial charge in [-0.15, -0.1) is 11.8 Å². The van der Waals surface area contributed by atoms with E-state index in [1.807, 2.05) is 0 Å². The van der Waals surface area contributed by atoms with Crippen LogP contribution in [0.3, 0.4) is 0 Å². The first-order valence-corrected chi connectivity index (χ1v) is 13.8. The average Bonchev–Trinajstić information content (AvgIpc) is 3.29. The van der Waals surface area contributed by atoms with Crippen molar-refractivity contribution in [3.05, 3.63) is 130 Å². The van der Waals surface area contributed by atoms with Crippen molar-refractivity contribution in [1.29, 1.82) is 0 Å². The largest absolute Gasteiger partial charge is 0.321 e. The van der Waals surface area contributed by atoms with Crippen LogP contribution in [0.25, 0.3) is 6.08 Å². The maximum Gasteiger partial charge on any atom is 0.272 e. The number of nitro groups is 1. The molecule has 0 radical (unpaired) electrons. The number of imide groups is 1. The van der Waals surface area contributed by atoms with E-state index >= 15 is 0 Å². The topological polar surface area (TPSA) is 152 Å². The Hall–Kier alpha value is -5.62. The number of anilines is 2. The van der Waals surface area contributed by atoms with Gasteiger partial charge < -0.3 is 10.6 Å². The van der Waals surface area contributed by atoms with Gasteiger partial charge in [0.25, 0.3) is 17.5 Å². The molecule has 1 aliphatic rings. The van der Waals surface area contributed by atoms with Crippen molar-refractivity contribution in [2.24, 2.45) is 0 Å². The third-order valence-electron chi connectivity index (χ3n) is 6.32. The van der Waals surface area contributed by atoms with Gasteiger partial charge in [-0.05, 0) is 60.2 Å². The van der Waals surface area contributed by atoms with Crippen molar-refractivity contribution in [1.82, 2.24) is 10.3 Å². The molecule has 43 heavy (non-hydrogen) atoms. The molecule has 1 saturated heterocycles. The second-order valence-corrected chi connectivity index (χ2v) is 10.6. The molecule has 11 nitrogen and oxygen atoms in total. The molecular formula is C31H23N5O6S. The highest BCUT2D eigenvalue weighted by Gasteiger charge is 2.40. The molecule has 0 saturated carbocycles. The van der Waals surface area contributed by atoms with Crippen LogP contribution in [0.1, 0.15) is 22.3 Å². The van der Waals surface area contributed by atoms with E-state index in [0.29, 0.717) is 21.7 Å². The van der Waals surface area contributed by atoms with E-state index in [9.17, 15) is 29.3 Å². The maximum absolute atomic E-state index is 13.3. The first-order valence-electron chi connectivity index (χ1n) is 13.0. The molecule has 1 unspecified atom stereocenters. The molecule has 1 atom stereocenters. The minimum absolute atomic E-state index is 0.00443. The number of rotatable bonds is 9. The normalized spacial score (nSPS) is 14.8. The Bertz CT molecular complexity index is 1730. The van der Waals surface area contributed by atoms with Gasteiger partial charge in [0.1, 0.15) is 5.70 Å². The van der Waals surface area contributed by atoms with E-state index in [4.69, 9.17) is 0 Å². The fourth-order valence-electron chi connectivity index (χ4n) is 4.27. The van der Waals surface area contributed by atoms with Crippen molar-refractivity contribution in [3.63, 3.8) is 0 Å². The van der Waals surface area contributed by atoms with Crippen molar-refractivity contribution in [2.45, 2.75) is 16.6 Å². The van der Waals surface area contributed by atoms with Gasteiger partial charge in [0.15, 0.2) is 0 Å². The maximum atomic E-state index is 13.3. The molecule has 4 aromatic rings. The number of hydrogen-bond donors (Lipinski definition) is 2. The second kappa shape index (κ2) is 12.9. The molecule has 214 valence electrons. The number of benzene rings is 3. The second-order valence-electron chi connectivity index (χ2n) is 9.30. The smallest absolute Gasteiger partial charge is 0.272 e. The third kappa shape index (κ3) is 7.00. The van der Waals surface area contributed by atoms with Crippen LogP contribution in [0.2, 0.25) is 0 Å². The number of thioether (sulfide) groups is 1. The Balaban J connectivity index is 1.30. The molecule has 0 spiro atoms. The van der Waals surface area contributed by atoms with Crippen LogP contribution < -0.4 is 15.5 Å². The van der Waals surface area contributed by atoms with E-state index in [1.165, 1.54) is 42.1 Å². The molecule has 4 amide bonds. The standard InChI is InChI=1S/C31H23N5O6S/c37-28-18-27(31(40)35(28)23-11-13-24(14-12-23)36(41)42)43-25-10-4-9-22(17-25)33-30(39)26(16-20-6-5-15-32-19-20)34-29(38)21-7-2-1-3-8-21/h1-17,19,27H,18H2,(H,33,39)(H,34,38)/b26-16-. The zero-order valence-electron chi connectivity index (χ0n) is 22.4. The molecule has 1 aromatic heterocycles. The van der Waals surface area contributed by atoms with Gasteiger partial charge >= 0.3 is 0 Å². The summed E-state index contributed by atoms with van der Waals surface area (Å²) in [6, 6.07) is 23.9. The summed E-state index contributed by atoms with van der Waals surface area (Å²) in [7, 11) is 0. The minimum Gasteiger partial charge on any atom is -0.321 e. The molecule has 5 rings (SSSR count). The highest BCUT2D eigenvalue weighted by atomic mass is 32.2. The summed E-state index contributed by atoms with van der Waals surface area (Å²) in [5, 5.41) is 15.7. The lowest BCUT2D eigenvalue weighted by molar-refractivity contribution is -0.384. The van der Waals surface area contributed by atoms with Gasteiger partial charge in [-0.2, -0.15) is 0 Å². The fraction of sp³-hybridized carbons (Fsp3) is 0.0645. The summed E-state index contributed by atoms with van der Waals surface area (Å²) in [6.07, 6.45) is 4.60. The minimum atomic E-state index is -0.722. The summed E-state index contributed by atoms with van der Waals surface area (Å²) in [5.74, 6) is -1.90. The number of aromatic nitrogens is 1. The average molecular weight is 594 g/mol. The predicted octanol–water partition coefficient (Wildman–Crippen LogP) is 4.82. The molecule has 2 N–H and O–H groups in total. The number of amides is 4. The Morgan fingerprint density at radius 1 is 0.977 bits per heavy atom. The molecule has 1 aliphatic heterocycles. The summed E-state index contributed by atoms with van der Waals surface area (Å²) >= 11 is 1.17. The fourth-order valence-corrected chi connectivity index (χ4v) is 5.38. The van der Waals surface area contributed by atoms with Crippen LogP contribution in [0.5, 0.6) is 0 Å². The molecule has 2 heterocycles.